The lowest BCUT2D eigenvalue weighted by atomic mass is 10.00. The van der Waals surface area contributed by atoms with Crippen LogP contribution in [-0.2, 0) is 10.9 Å². The van der Waals surface area contributed by atoms with Crippen molar-refractivity contribution in [3.05, 3.63) is 52.5 Å². The first-order valence-corrected chi connectivity index (χ1v) is 6.39. The Labute approximate surface area is 128 Å². The standard InChI is InChI=1S/C15H10ClF3O3/c1-22-14(21)8-2-3-13(16)12(6-8)9-4-10(15(17,18)19)7-11(20)5-9/h2-7,20H,1H3. The van der Waals surface area contributed by atoms with E-state index >= 15 is 0 Å². The van der Waals surface area contributed by atoms with Crippen molar-refractivity contribution in [2.75, 3.05) is 7.11 Å². The summed E-state index contributed by atoms with van der Waals surface area (Å²) in [5.74, 6) is -1.20. The lowest BCUT2D eigenvalue weighted by Gasteiger charge is -2.12. The predicted molar refractivity (Wildman–Crippen MR) is 74.9 cm³/mol. The van der Waals surface area contributed by atoms with Crippen LogP contribution >= 0.6 is 11.6 Å². The van der Waals surface area contributed by atoms with Gasteiger partial charge in [0.1, 0.15) is 5.75 Å². The van der Waals surface area contributed by atoms with Gasteiger partial charge in [-0.3, -0.25) is 0 Å². The zero-order valence-electron chi connectivity index (χ0n) is 11.2. The fourth-order valence-electron chi connectivity index (χ4n) is 1.92. The Kier molecular flexibility index (Phi) is 4.32. The number of esters is 1. The highest BCUT2D eigenvalue weighted by molar-refractivity contribution is 6.33. The van der Waals surface area contributed by atoms with Crippen molar-refractivity contribution in [2.24, 2.45) is 0 Å². The maximum absolute atomic E-state index is 12.8. The summed E-state index contributed by atoms with van der Waals surface area (Å²) in [7, 11) is 1.19. The molecule has 0 heterocycles. The number of aromatic hydroxyl groups is 1. The molecule has 116 valence electrons. The van der Waals surface area contributed by atoms with Crippen LogP contribution in [-0.4, -0.2) is 18.2 Å². The van der Waals surface area contributed by atoms with Gasteiger partial charge in [0.15, 0.2) is 0 Å². The second-order valence-electron chi connectivity index (χ2n) is 4.45. The molecule has 2 aromatic rings. The largest absolute Gasteiger partial charge is 0.508 e. The van der Waals surface area contributed by atoms with E-state index in [0.717, 1.165) is 12.1 Å². The highest BCUT2D eigenvalue weighted by atomic mass is 35.5. The van der Waals surface area contributed by atoms with Crippen LogP contribution in [0.4, 0.5) is 13.2 Å². The summed E-state index contributed by atoms with van der Waals surface area (Å²) >= 11 is 5.98. The minimum absolute atomic E-state index is 0.0445. The molecule has 3 nitrogen and oxygen atoms in total. The number of methoxy groups -OCH3 is 1. The molecule has 0 saturated carbocycles. The number of halogens is 4. The minimum Gasteiger partial charge on any atom is -0.508 e. The number of alkyl halides is 3. The monoisotopic (exact) mass is 330 g/mol. The van der Waals surface area contributed by atoms with Crippen molar-refractivity contribution in [1.29, 1.82) is 0 Å². The Bertz CT molecular complexity index is 726. The van der Waals surface area contributed by atoms with Gasteiger partial charge >= 0.3 is 12.1 Å². The van der Waals surface area contributed by atoms with Gasteiger partial charge in [-0.25, -0.2) is 4.79 Å². The summed E-state index contributed by atoms with van der Waals surface area (Å²) in [6.45, 7) is 0. The Morgan fingerprint density at radius 2 is 1.86 bits per heavy atom. The first-order valence-electron chi connectivity index (χ1n) is 6.02. The number of phenols is 1. The maximum atomic E-state index is 12.8. The van der Waals surface area contributed by atoms with Gasteiger partial charge in [-0.1, -0.05) is 11.6 Å². The third-order valence-electron chi connectivity index (χ3n) is 2.94. The highest BCUT2D eigenvalue weighted by Gasteiger charge is 2.31. The van der Waals surface area contributed by atoms with E-state index in [0.29, 0.717) is 6.07 Å². The second-order valence-corrected chi connectivity index (χ2v) is 4.86. The molecule has 1 N–H and O–H groups in total. The molecular formula is C15H10ClF3O3. The Hall–Kier alpha value is -2.21. The summed E-state index contributed by atoms with van der Waals surface area (Å²) in [6, 6.07) is 6.68. The van der Waals surface area contributed by atoms with Crippen LogP contribution in [0.3, 0.4) is 0 Å². The zero-order valence-corrected chi connectivity index (χ0v) is 12.0. The quantitative estimate of drug-likeness (QED) is 0.824. The molecule has 7 heteroatoms. The van der Waals surface area contributed by atoms with Crippen molar-refractivity contribution >= 4 is 17.6 Å². The van der Waals surface area contributed by atoms with Gasteiger partial charge in [0.05, 0.1) is 18.2 Å². The van der Waals surface area contributed by atoms with E-state index in [1.165, 1.54) is 25.3 Å². The lowest BCUT2D eigenvalue weighted by Crippen LogP contribution is -2.05. The van der Waals surface area contributed by atoms with Gasteiger partial charge in [-0.15, -0.1) is 0 Å². The van der Waals surface area contributed by atoms with E-state index < -0.39 is 23.5 Å². The molecule has 0 aliphatic rings. The average molecular weight is 331 g/mol. The predicted octanol–water partition coefficient (Wildman–Crippen LogP) is 4.52. The van der Waals surface area contributed by atoms with Crippen molar-refractivity contribution in [2.45, 2.75) is 6.18 Å². The third kappa shape index (κ3) is 3.33. The molecular weight excluding hydrogens is 321 g/mol. The van der Waals surface area contributed by atoms with Crippen LogP contribution < -0.4 is 0 Å². The molecule has 0 amide bonds. The Morgan fingerprint density at radius 3 is 2.45 bits per heavy atom. The SMILES string of the molecule is COC(=O)c1ccc(Cl)c(-c2cc(O)cc(C(F)(F)F)c2)c1. The van der Waals surface area contributed by atoms with Crippen molar-refractivity contribution in [3.63, 3.8) is 0 Å². The van der Waals surface area contributed by atoms with Crippen molar-refractivity contribution in [1.82, 2.24) is 0 Å². The summed E-state index contributed by atoms with van der Waals surface area (Å²) in [5.41, 5.74) is -0.644. The molecule has 0 fully saturated rings. The number of ether oxygens (including phenoxy) is 1. The van der Waals surface area contributed by atoms with E-state index in [2.05, 4.69) is 4.74 Å². The molecule has 0 spiro atoms. The molecule has 0 unspecified atom stereocenters. The molecule has 0 aromatic heterocycles. The Balaban J connectivity index is 2.61. The number of hydrogen-bond donors (Lipinski definition) is 1. The number of carbonyl (C=O) groups excluding carboxylic acids is 1. The van der Waals surface area contributed by atoms with Crippen LogP contribution in [0, 0.1) is 0 Å². The number of hydrogen-bond acceptors (Lipinski definition) is 3. The number of carbonyl (C=O) groups is 1. The number of phenolic OH excluding ortho intramolecular Hbond substituents is 1. The summed E-state index contributed by atoms with van der Waals surface area (Å²) in [5, 5.41) is 9.64. The molecule has 0 bridgehead atoms. The molecule has 0 atom stereocenters. The number of benzene rings is 2. The van der Waals surface area contributed by atoms with E-state index in [-0.39, 0.29) is 21.7 Å². The van der Waals surface area contributed by atoms with E-state index in [1.807, 2.05) is 0 Å². The molecule has 0 saturated heterocycles. The fraction of sp³-hybridized carbons (Fsp3) is 0.133. The summed E-state index contributed by atoms with van der Waals surface area (Å²) in [4.78, 5) is 11.5. The first kappa shape index (κ1) is 16.2. The summed E-state index contributed by atoms with van der Waals surface area (Å²) < 4.78 is 43.0. The van der Waals surface area contributed by atoms with Gasteiger partial charge in [0.25, 0.3) is 0 Å². The van der Waals surface area contributed by atoms with Gasteiger partial charge in [0.2, 0.25) is 0 Å². The van der Waals surface area contributed by atoms with Crippen LogP contribution in [0.2, 0.25) is 5.02 Å². The van der Waals surface area contributed by atoms with E-state index in [9.17, 15) is 23.1 Å². The molecule has 0 aliphatic heterocycles. The molecule has 0 aliphatic carbocycles. The maximum Gasteiger partial charge on any atom is 0.416 e. The molecule has 0 radical (unpaired) electrons. The zero-order chi connectivity index (χ0) is 16.5. The van der Waals surface area contributed by atoms with Gasteiger partial charge < -0.3 is 9.84 Å². The van der Waals surface area contributed by atoms with Gasteiger partial charge in [-0.2, -0.15) is 13.2 Å². The van der Waals surface area contributed by atoms with Crippen LogP contribution in [0.1, 0.15) is 15.9 Å². The summed E-state index contributed by atoms with van der Waals surface area (Å²) in [6.07, 6.45) is -4.61. The molecule has 2 rings (SSSR count). The van der Waals surface area contributed by atoms with E-state index in [1.54, 1.807) is 0 Å². The van der Waals surface area contributed by atoms with Gasteiger partial charge in [-0.05, 0) is 42.0 Å². The third-order valence-corrected chi connectivity index (χ3v) is 3.27. The Morgan fingerprint density at radius 1 is 1.18 bits per heavy atom. The first-order chi connectivity index (χ1) is 10.2. The average Bonchev–Trinajstić information content (AvgIpc) is 2.45. The molecule has 2 aromatic carbocycles. The normalized spacial score (nSPS) is 11.3. The molecule has 22 heavy (non-hydrogen) atoms. The van der Waals surface area contributed by atoms with Crippen LogP contribution in [0.5, 0.6) is 5.75 Å². The lowest BCUT2D eigenvalue weighted by molar-refractivity contribution is -0.137. The fourth-order valence-corrected chi connectivity index (χ4v) is 2.15. The van der Waals surface area contributed by atoms with Crippen LogP contribution in [0.25, 0.3) is 11.1 Å². The van der Waals surface area contributed by atoms with Crippen molar-refractivity contribution < 1.29 is 27.8 Å². The van der Waals surface area contributed by atoms with Gasteiger partial charge in [0, 0.05) is 10.6 Å². The van der Waals surface area contributed by atoms with Crippen LogP contribution in [0.15, 0.2) is 36.4 Å². The van der Waals surface area contributed by atoms with Crippen molar-refractivity contribution in [3.8, 4) is 16.9 Å². The minimum atomic E-state index is -4.61. The highest BCUT2D eigenvalue weighted by Crippen LogP contribution is 2.37. The second kappa shape index (κ2) is 5.88. The topological polar surface area (TPSA) is 46.5 Å². The smallest absolute Gasteiger partial charge is 0.416 e. The van der Waals surface area contributed by atoms with E-state index in [4.69, 9.17) is 11.6 Å². The number of rotatable bonds is 2.